The zero-order chi connectivity index (χ0) is 12.8. The van der Waals surface area contributed by atoms with Gasteiger partial charge in [0.15, 0.2) is 0 Å². The Balaban J connectivity index is 0.000000385. The number of esters is 1. The summed E-state index contributed by atoms with van der Waals surface area (Å²) in [6.07, 6.45) is 0. The van der Waals surface area contributed by atoms with Crippen LogP contribution in [0, 0.1) is 0 Å². The van der Waals surface area contributed by atoms with Gasteiger partial charge in [-0.15, -0.1) is 0 Å². The third kappa shape index (κ3) is 8.49. The molecule has 0 aliphatic carbocycles. The van der Waals surface area contributed by atoms with Crippen LogP contribution in [0.5, 0.6) is 0 Å². The van der Waals surface area contributed by atoms with Crippen molar-refractivity contribution in [1.29, 1.82) is 0 Å². The van der Waals surface area contributed by atoms with Crippen LogP contribution in [0.2, 0.25) is 5.02 Å². The highest BCUT2D eigenvalue weighted by atomic mass is 35.7. The van der Waals surface area contributed by atoms with Crippen molar-refractivity contribution in [2.24, 2.45) is 0 Å². The van der Waals surface area contributed by atoms with Gasteiger partial charge in [-0.3, -0.25) is 4.55 Å². The molecule has 0 atom stereocenters. The third-order valence-electron chi connectivity index (χ3n) is 1.25. The monoisotopic (exact) mass is 286 g/mol. The number of halogens is 2. The van der Waals surface area contributed by atoms with Crippen LogP contribution < -0.4 is 0 Å². The topological polar surface area (TPSA) is 80.7 Å². The average Bonchev–Trinajstić information content (AvgIpc) is 2.14. The largest absolute Gasteiger partial charge is 0.465 e. The molecule has 1 aromatic carbocycles. The van der Waals surface area contributed by atoms with Crippen LogP contribution in [0.4, 0.5) is 0 Å². The molecule has 0 radical (unpaired) electrons. The Labute approximate surface area is 102 Å². The molecule has 16 heavy (non-hydrogen) atoms. The van der Waals surface area contributed by atoms with Gasteiger partial charge in [-0.2, -0.15) is 8.42 Å². The lowest BCUT2D eigenvalue weighted by Crippen LogP contribution is -1.99. The number of carbonyl (C=O) groups is 1. The molecular formula is C8H8Cl2O5S. The smallest absolute Gasteiger partial charge is 0.353 e. The van der Waals surface area contributed by atoms with Crippen molar-refractivity contribution in [2.45, 2.75) is 0 Å². The summed E-state index contributed by atoms with van der Waals surface area (Å²) in [6, 6.07) is 6.62. The normalized spacial score (nSPS) is 10.0. The molecule has 0 bridgehead atoms. The lowest BCUT2D eigenvalue weighted by Gasteiger charge is -1.97. The highest BCUT2D eigenvalue weighted by Crippen LogP contribution is 2.10. The van der Waals surface area contributed by atoms with Crippen LogP contribution in [0.25, 0.3) is 0 Å². The molecule has 1 N–H and O–H groups in total. The third-order valence-corrected chi connectivity index (χ3v) is 1.48. The van der Waals surface area contributed by atoms with Gasteiger partial charge in [0.2, 0.25) is 0 Å². The van der Waals surface area contributed by atoms with Crippen LogP contribution >= 0.6 is 22.3 Å². The first-order valence-electron chi connectivity index (χ1n) is 3.75. The van der Waals surface area contributed by atoms with Gasteiger partial charge < -0.3 is 4.74 Å². The summed E-state index contributed by atoms with van der Waals surface area (Å²) in [7, 11) is 1.20. The molecule has 5 nitrogen and oxygen atoms in total. The van der Waals surface area contributed by atoms with Crippen molar-refractivity contribution in [3.63, 3.8) is 0 Å². The Morgan fingerprint density at radius 3 is 2.31 bits per heavy atom. The lowest BCUT2D eigenvalue weighted by atomic mass is 10.2. The molecular weight excluding hydrogens is 279 g/mol. The SMILES string of the molecule is COC(=O)c1cccc(Cl)c1.O=S(=O)(O)Cl. The number of carbonyl (C=O) groups excluding carboxylic acids is 1. The number of ether oxygens (including phenoxy) is 1. The minimum atomic E-state index is -4.19. The highest BCUT2D eigenvalue weighted by molar-refractivity contribution is 8.09. The summed E-state index contributed by atoms with van der Waals surface area (Å²) in [6.45, 7) is 0. The van der Waals surface area contributed by atoms with Gasteiger partial charge in [0.1, 0.15) is 0 Å². The summed E-state index contributed by atoms with van der Waals surface area (Å²) < 4.78 is 29.7. The van der Waals surface area contributed by atoms with Crippen molar-refractivity contribution in [3.05, 3.63) is 34.9 Å². The minimum absolute atomic E-state index is 0.368. The van der Waals surface area contributed by atoms with E-state index in [1.165, 1.54) is 7.11 Å². The number of hydrogen-bond donors (Lipinski definition) is 1. The van der Waals surface area contributed by atoms with Crippen LogP contribution in [-0.4, -0.2) is 26.0 Å². The first kappa shape index (κ1) is 15.2. The number of benzene rings is 1. The van der Waals surface area contributed by atoms with E-state index in [4.69, 9.17) is 24.6 Å². The van der Waals surface area contributed by atoms with E-state index in [2.05, 4.69) is 15.4 Å². The van der Waals surface area contributed by atoms with E-state index in [9.17, 15) is 4.79 Å². The molecule has 0 amide bonds. The average molecular weight is 287 g/mol. The zero-order valence-electron chi connectivity index (χ0n) is 8.05. The van der Waals surface area contributed by atoms with Gasteiger partial charge in [-0.05, 0) is 18.2 Å². The maximum atomic E-state index is 10.9. The summed E-state index contributed by atoms with van der Waals surface area (Å²) in [5.41, 5.74) is 0.472. The summed E-state index contributed by atoms with van der Waals surface area (Å²) in [5.74, 6) is -0.368. The van der Waals surface area contributed by atoms with Gasteiger partial charge in [0.25, 0.3) is 0 Å². The first-order chi connectivity index (χ1) is 7.24. The van der Waals surface area contributed by atoms with Crippen LogP contribution in [0.3, 0.4) is 0 Å². The second-order valence-corrected chi connectivity index (χ2v) is 4.84. The first-order valence-corrected chi connectivity index (χ1v) is 6.39. The standard InChI is InChI=1S/C8H7ClO2.ClHO3S/c1-11-8(10)6-3-2-4-7(9)5-6;1-5(2,3)4/h2-5H,1H3;(H,2,3,4). The Morgan fingerprint density at radius 1 is 1.44 bits per heavy atom. The van der Waals surface area contributed by atoms with E-state index < -0.39 is 9.33 Å². The Bertz CT molecular complexity index is 449. The van der Waals surface area contributed by atoms with Crippen molar-refractivity contribution in [1.82, 2.24) is 0 Å². The van der Waals surface area contributed by atoms with E-state index in [1.54, 1.807) is 24.3 Å². The van der Waals surface area contributed by atoms with Gasteiger partial charge in [0, 0.05) is 15.7 Å². The van der Waals surface area contributed by atoms with Gasteiger partial charge in [-0.1, -0.05) is 17.7 Å². The molecule has 8 heteroatoms. The molecule has 1 rings (SSSR count). The Hall–Kier alpha value is -0.820. The van der Waals surface area contributed by atoms with Gasteiger partial charge in [-0.25, -0.2) is 4.79 Å². The molecule has 0 saturated heterocycles. The number of hydrogen-bond acceptors (Lipinski definition) is 4. The Kier molecular flexibility index (Phi) is 6.35. The summed E-state index contributed by atoms with van der Waals surface area (Å²) >= 11 is 5.64. The Morgan fingerprint density at radius 2 is 1.94 bits per heavy atom. The van der Waals surface area contributed by atoms with Crippen molar-refractivity contribution >= 4 is 37.6 Å². The number of methoxy groups -OCH3 is 1. The van der Waals surface area contributed by atoms with E-state index in [0.717, 1.165) is 0 Å². The fourth-order valence-electron chi connectivity index (χ4n) is 0.733. The molecule has 0 aliphatic heterocycles. The van der Waals surface area contributed by atoms with Crippen molar-refractivity contribution in [2.75, 3.05) is 7.11 Å². The van der Waals surface area contributed by atoms with Crippen LogP contribution in [0.15, 0.2) is 24.3 Å². The zero-order valence-corrected chi connectivity index (χ0v) is 10.4. The van der Waals surface area contributed by atoms with E-state index in [1.807, 2.05) is 0 Å². The van der Waals surface area contributed by atoms with E-state index in [-0.39, 0.29) is 5.97 Å². The maximum Gasteiger partial charge on any atom is 0.353 e. The molecule has 0 unspecified atom stereocenters. The van der Waals surface area contributed by atoms with Crippen molar-refractivity contribution in [3.8, 4) is 0 Å². The molecule has 0 saturated carbocycles. The molecule has 0 aromatic heterocycles. The van der Waals surface area contributed by atoms with E-state index >= 15 is 0 Å². The summed E-state index contributed by atoms with van der Waals surface area (Å²) in [5, 5.41) is 0.535. The van der Waals surface area contributed by atoms with E-state index in [0.29, 0.717) is 10.6 Å². The van der Waals surface area contributed by atoms with Crippen LogP contribution in [0.1, 0.15) is 10.4 Å². The predicted molar refractivity (Wildman–Crippen MR) is 60.2 cm³/mol. The molecule has 0 heterocycles. The minimum Gasteiger partial charge on any atom is -0.465 e. The predicted octanol–water partition coefficient (Wildman–Crippen LogP) is 2.15. The fraction of sp³-hybridized carbons (Fsp3) is 0.125. The summed E-state index contributed by atoms with van der Waals surface area (Å²) in [4.78, 5) is 10.9. The number of rotatable bonds is 1. The van der Waals surface area contributed by atoms with Crippen LogP contribution in [-0.2, 0) is 14.1 Å². The molecule has 0 fully saturated rings. The molecule has 90 valence electrons. The fourth-order valence-corrected chi connectivity index (χ4v) is 0.924. The quantitative estimate of drug-likeness (QED) is 0.486. The molecule has 0 spiro atoms. The van der Waals surface area contributed by atoms with Gasteiger partial charge >= 0.3 is 15.3 Å². The van der Waals surface area contributed by atoms with Crippen molar-refractivity contribution < 1.29 is 22.5 Å². The van der Waals surface area contributed by atoms with Gasteiger partial charge in [0.05, 0.1) is 12.7 Å². The maximum absolute atomic E-state index is 10.9. The second kappa shape index (κ2) is 6.70. The highest BCUT2D eigenvalue weighted by Gasteiger charge is 2.03. The second-order valence-electron chi connectivity index (χ2n) is 2.41. The molecule has 1 aromatic rings. The lowest BCUT2D eigenvalue weighted by molar-refractivity contribution is 0.0600. The molecule has 0 aliphatic rings.